The van der Waals surface area contributed by atoms with Gasteiger partial charge in [0.25, 0.3) is 0 Å². The molecule has 316 valence electrons. The van der Waals surface area contributed by atoms with Gasteiger partial charge in [-0.05, 0) is 85.4 Å². The number of fused-ring (bicyclic) bond motifs is 12. The molecule has 0 radical (unpaired) electrons. The Hall–Kier alpha value is -8.77. The first-order valence-corrected chi connectivity index (χ1v) is 23.8. The van der Waals surface area contributed by atoms with Crippen LogP contribution in [0.2, 0.25) is 0 Å². The molecule has 68 heavy (non-hydrogen) atoms. The molecule has 4 nitrogen and oxygen atoms in total. The van der Waals surface area contributed by atoms with Gasteiger partial charge in [-0.1, -0.05) is 194 Å². The van der Waals surface area contributed by atoms with Crippen LogP contribution in [0.5, 0.6) is 0 Å². The van der Waals surface area contributed by atoms with Crippen LogP contribution in [0.3, 0.4) is 0 Å². The standard InChI is InChI=1S/C63H38N4S/c1-3-18-39(19-4-1)61-64-62(40-20-5-2-6-21-40)66-63(65-61)59-43(41-34-35-48-46-24-8-7-22-44(46)45-23-9-10-25-47(45)53(48)36-41)29-17-30-52(59)55-38-42(37-54-51-28-13-16-33-58(51)68-60(54)55)67-56-31-14-11-26-49(56)50-27-12-15-32-57(50)67/h1-38H. The van der Waals surface area contributed by atoms with Crippen LogP contribution in [0.1, 0.15) is 0 Å². The topological polar surface area (TPSA) is 43.6 Å². The Morgan fingerprint density at radius 3 is 1.40 bits per heavy atom. The molecule has 0 saturated carbocycles. The third-order valence-corrected chi connectivity index (χ3v) is 14.9. The molecule has 3 heterocycles. The van der Waals surface area contributed by atoms with Gasteiger partial charge in [0.05, 0.1) is 11.0 Å². The van der Waals surface area contributed by atoms with Crippen LogP contribution in [-0.2, 0) is 0 Å². The summed E-state index contributed by atoms with van der Waals surface area (Å²) in [6.45, 7) is 0. The van der Waals surface area contributed by atoms with Crippen LogP contribution >= 0.6 is 11.3 Å². The van der Waals surface area contributed by atoms with E-state index in [-0.39, 0.29) is 0 Å². The molecule has 0 atom stereocenters. The second kappa shape index (κ2) is 15.4. The molecule has 0 saturated heterocycles. The molecule has 0 amide bonds. The second-order valence-corrected chi connectivity index (χ2v) is 18.5. The summed E-state index contributed by atoms with van der Waals surface area (Å²) in [5, 5.41) is 12.3. The van der Waals surface area contributed by atoms with Crippen molar-refractivity contribution < 1.29 is 0 Å². The molecule has 0 unspecified atom stereocenters. The highest BCUT2D eigenvalue weighted by Crippen LogP contribution is 2.48. The summed E-state index contributed by atoms with van der Waals surface area (Å²) in [6.07, 6.45) is 0. The van der Waals surface area contributed by atoms with Gasteiger partial charge in [-0.2, -0.15) is 0 Å². The van der Waals surface area contributed by atoms with Gasteiger partial charge >= 0.3 is 0 Å². The lowest BCUT2D eigenvalue weighted by Crippen LogP contribution is -2.03. The third-order valence-electron chi connectivity index (χ3n) is 13.6. The lowest BCUT2D eigenvalue weighted by molar-refractivity contribution is 1.07. The number of hydrogen-bond donors (Lipinski definition) is 0. The Bertz CT molecular complexity index is 4180. The molecule has 0 spiro atoms. The van der Waals surface area contributed by atoms with Crippen molar-refractivity contribution in [2.75, 3.05) is 0 Å². The second-order valence-electron chi connectivity index (χ2n) is 17.5. The quantitative estimate of drug-likeness (QED) is 0.156. The normalized spacial score (nSPS) is 11.8. The van der Waals surface area contributed by atoms with Crippen molar-refractivity contribution in [1.29, 1.82) is 0 Å². The van der Waals surface area contributed by atoms with Gasteiger partial charge in [0, 0.05) is 58.9 Å². The Labute approximate surface area is 395 Å². The van der Waals surface area contributed by atoms with Crippen LogP contribution in [0, 0.1) is 0 Å². The molecule has 11 aromatic carbocycles. The lowest BCUT2D eigenvalue weighted by Gasteiger charge is -2.19. The van der Waals surface area contributed by atoms with Crippen molar-refractivity contribution in [2.45, 2.75) is 0 Å². The average Bonchev–Trinajstić information content (AvgIpc) is 3.97. The van der Waals surface area contributed by atoms with E-state index in [2.05, 4.69) is 199 Å². The van der Waals surface area contributed by atoms with Gasteiger partial charge in [0.1, 0.15) is 0 Å². The highest BCUT2D eigenvalue weighted by molar-refractivity contribution is 7.26. The minimum Gasteiger partial charge on any atom is -0.309 e. The van der Waals surface area contributed by atoms with E-state index in [4.69, 9.17) is 15.0 Å². The van der Waals surface area contributed by atoms with E-state index < -0.39 is 0 Å². The Kier molecular flexibility index (Phi) is 8.73. The molecule has 0 fully saturated rings. The maximum atomic E-state index is 5.48. The van der Waals surface area contributed by atoms with E-state index in [1.54, 1.807) is 0 Å². The Morgan fingerprint density at radius 1 is 0.294 bits per heavy atom. The zero-order valence-electron chi connectivity index (χ0n) is 36.6. The van der Waals surface area contributed by atoms with Crippen LogP contribution in [0.4, 0.5) is 0 Å². The van der Waals surface area contributed by atoms with Gasteiger partial charge in [0.15, 0.2) is 17.5 Å². The molecular weight excluding hydrogens is 845 g/mol. The molecule has 5 heteroatoms. The van der Waals surface area contributed by atoms with Crippen LogP contribution in [-0.4, -0.2) is 19.5 Å². The zero-order valence-corrected chi connectivity index (χ0v) is 37.5. The first-order valence-electron chi connectivity index (χ1n) is 23.0. The number of hydrogen-bond acceptors (Lipinski definition) is 4. The van der Waals surface area contributed by atoms with Gasteiger partial charge in [-0.15, -0.1) is 11.3 Å². The fourth-order valence-electron chi connectivity index (χ4n) is 10.6. The van der Waals surface area contributed by atoms with E-state index in [1.165, 1.54) is 74.3 Å². The summed E-state index contributed by atoms with van der Waals surface area (Å²) in [6, 6.07) is 82.9. The predicted molar refractivity (Wildman–Crippen MR) is 287 cm³/mol. The number of aromatic nitrogens is 4. The molecule has 0 N–H and O–H groups in total. The fraction of sp³-hybridized carbons (Fsp3) is 0. The summed E-state index contributed by atoms with van der Waals surface area (Å²) in [7, 11) is 0. The van der Waals surface area contributed by atoms with Crippen LogP contribution in [0.15, 0.2) is 231 Å². The number of rotatable bonds is 6. The van der Waals surface area contributed by atoms with Crippen LogP contribution < -0.4 is 0 Å². The van der Waals surface area contributed by atoms with E-state index in [9.17, 15) is 0 Å². The largest absolute Gasteiger partial charge is 0.309 e. The average molecular weight is 883 g/mol. The zero-order chi connectivity index (χ0) is 44.7. The smallest absolute Gasteiger partial charge is 0.165 e. The summed E-state index contributed by atoms with van der Waals surface area (Å²) < 4.78 is 4.89. The summed E-state index contributed by atoms with van der Waals surface area (Å²) >= 11 is 1.84. The summed E-state index contributed by atoms with van der Waals surface area (Å²) in [5.74, 6) is 1.86. The maximum Gasteiger partial charge on any atom is 0.165 e. The van der Waals surface area contributed by atoms with Gasteiger partial charge < -0.3 is 4.57 Å². The monoisotopic (exact) mass is 882 g/mol. The Balaban J connectivity index is 1.12. The van der Waals surface area contributed by atoms with Crippen molar-refractivity contribution in [1.82, 2.24) is 19.5 Å². The van der Waals surface area contributed by atoms with E-state index in [0.717, 1.165) is 44.6 Å². The maximum absolute atomic E-state index is 5.48. The van der Waals surface area contributed by atoms with Crippen molar-refractivity contribution in [2.24, 2.45) is 0 Å². The van der Waals surface area contributed by atoms with Gasteiger partial charge in [-0.3, -0.25) is 0 Å². The molecule has 14 rings (SSSR count). The molecular formula is C63H38N4S. The molecule has 14 aromatic rings. The first kappa shape index (κ1) is 38.5. The van der Waals surface area contributed by atoms with Crippen molar-refractivity contribution in [3.8, 4) is 62.1 Å². The van der Waals surface area contributed by atoms with E-state index in [0.29, 0.717) is 17.5 Å². The highest BCUT2D eigenvalue weighted by atomic mass is 32.1. The third kappa shape index (κ3) is 6.03. The number of nitrogens with zero attached hydrogens (tertiary/aromatic N) is 4. The minimum atomic E-state index is 0.614. The molecule has 3 aromatic heterocycles. The summed E-state index contributed by atoms with van der Waals surface area (Å²) in [4.78, 5) is 16.1. The molecule has 0 aliphatic rings. The molecule has 0 aliphatic carbocycles. The van der Waals surface area contributed by atoms with Crippen molar-refractivity contribution >= 4 is 85.6 Å². The SMILES string of the molecule is c1ccc(-c2nc(-c3ccccc3)nc(-c3c(-c4ccc5c6ccccc6c6ccccc6c5c4)cccc3-c3cc(-n4c5ccccc5c5ccccc54)cc4c3sc3ccccc34)n2)cc1. The Morgan fingerprint density at radius 2 is 0.779 bits per heavy atom. The molecule has 0 aliphatic heterocycles. The van der Waals surface area contributed by atoms with Crippen molar-refractivity contribution in [3.63, 3.8) is 0 Å². The van der Waals surface area contributed by atoms with Gasteiger partial charge in [-0.25, -0.2) is 15.0 Å². The molecule has 0 bridgehead atoms. The highest BCUT2D eigenvalue weighted by Gasteiger charge is 2.24. The van der Waals surface area contributed by atoms with Gasteiger partial charge in [0.2, 0.25) is 0 Å². The number of benzene rings is 11. The first-order chi connectivity index (χ1) is 33.7. The number of thiophene rings is 1. The predicted octanol–water partition coefficient (Wildman–Crippen LogP) is 17.1. The lowest BCUT2D eigenvalue weighted by atomic mass is 9.88. The summed E-state index contributed by atoms with van der Waals surface area (Å²) in [5.41, 5.74) is 10.5. The van der Waals surface area contributed by atoms with Crippen molar-refractivity contribution in [3.05, 3.63) is 231 Å². The number of para-hydroxylation sites is 2. The van der Waals surface area contributed by atoms with Crippen LogP contribution in [0.25, 0.3) is 136 Å². The minimum absolute atomic E-state index is 0.614. The van der Waals surface area contributed by atoms with E-state index >= 15 is 0 Å². The van der Waals surface area contributed by atoms with E-state index in [1.807, 2.05) is 47.7 Å². The fourth-order valence-corrected chi connectivity index (χ4v) is 11.8.